The zero-order valence-electron chi connectivity index (χ0n) is 15.7. The van der Waals surface area contributed by atoms with E-state index in [1.807, 2.05) is 30.7 Å². The largest absolute Gasteiger partial charge is 0.480 e. The molecule has 0 aliphatic carbocycles. The van der Waals surface area contributed by atoms with Crippen LogP contribution in [0, 0.1) is 13.8 Å². The third-order valence-corrected chi connectivity index (χ3v) is 4.44. The molecule has 3 aromatic rings. The van der Waals surface area contributed by atoms with Crippen LogP contribution in [0.3, 0.4) is 0 Å². The Labute approximate surface area is 157 Å². The first-order valence-corrected chi connectivity index (χ1v) is 8.90. The first-order valence-electron chi connectivity index (χ1n) is 8.90. The minimum Gasteiger partial charge on any atom is -0.480 e. The van der Waals surface area contributed by atoms with E-state index in [4.69, 9.17) is 9.15 Å². The lowest BCUT2D eigenvalue weighted by Crippen LogP contribution is -2.37. The minimum atomic E-state index is -0.661. The van der Waals surface area contributed by atoms with Crippen LogP contribution in [-0.4, -0.2) is 28.1 Å². The number of nitrogens with one attached hydrogen (secondary N) is 1. The Kier molecular flexibility index (Phi) is 5.59. The minimum absolute atomic E-state index is 0.189. The van der Waals surface area contributed by atoms with Crippen molar-refractivity contribution in [1.29, 1.82) is 0 Å². The number of rotatable bonds is 7. The normalized spacial score (nSPS) is 12.1. The predicted octanol–water partition coefficient (Wildman–Crippen LogP) is 2.58. The van der Waals surface area contributed by atoms with Crippen LogP contribution in [0.5, 0.6) is 5.75 Å². The molecule has 7 heteroatoms. The molecule has 0 saturated heterocycles. The first kappa shape index (κ1) is 18.7. The number of hydrogen-bond donors (Lipinski definition) is 1. The maximum atomic E-state index is 12.3. The lowest BCUT2D eigenvalue weighted by molar-refractivity contribution is -0.127. The van der Waals surface area contributed by atoms with E-state index in [0.29, 0.717) is 23.4 Å². The second-order valence-corrected chi connectivity index (χ2v) is 6.52. The summed E-state index contributed by atoms with van der Waals surface area (Å²) in [4.78, 5) is 27.9. The fourth-order valence-electron chi connectivity index (χ4n) is 2.91. The van der Waals surface area contributed by atoms with Crippen molar-refractivity contribution in [2.75, 3.05) is 6.54 Å². The number of benzene rings is 1. The van der Waals surface area contributed by atoms with Gasteiger partial charge in [-0.25, -0.2) is 9.78 Å². The molecule has 0 radical (unpaired) electrons. The quantitative estimate of drug-likeness (QED) is 0.511. The summed E-state index contributed by atoms with van der Waals surface area (Å²) in [5, 5.41) is 3.73. The van der Waals surface area contributed by atoms with Gasteiger partial charge in [-0.05, 0) is 44.9 Å². The van der Waals surface area contributed by atoms with Crippen LogP contribution in [0.25, 0.3) is 11.0 Å². The zero-order valence-corrected chi connectivity index (χ0v) is 15.7. The van der Waals surface area contributed by atoms with Gasteiger partial charge >= 0.3 is 5.63 Å². The van der Waals surface area contributed by atoms with E-state index in [0.717, 1.165) is 23.9 Å². The molecule has 0 saturated carbocycles. The molecule has 2 aromatic heterocycles. The van der Waals surface area contributed by atoms with E-state index in [1.54, 1.807) is 25.5 Å². The Bertz CT molecular complexity index is 992. The van der Waals surface area contributed by atoms with E-state index in [2.05, 4.69) is 10.3 Å². The highest BCUT2D eigenvalue weighted by Gasteiger charge is 2.17. The van der Waals surface area contributed by atoms with Crippen LogP contribution in [0.4, 0.5) is 0 Å². The van der Waals surface area contributed by atoms with Gasteiger partial charge in [-0.15, -0.1) is 0 Å². The Morgan fingerprint density at radius 3 is 2.93 bits per heavy atom. The molecule has 2 heterocycles. The molecule has 0 fully saturated rings. The second kappa shape index (κ2) is 8.07. The summed E-state index contributed by atoms with van der Waals surface area (Å²) in [5.41, 5.74) is 1.64. The van der Waals surface area contributed by atoms with E-state index < -0.39 is 11.7 Å². The molecular formula is C20H23N3O4. The summed E-state index contributed by atoms with van der Waals surface area (Å²) >= 11 is 0. The van der Waals surface area contributed by atoms with Crippen molar-refractivity contribution in [1.82, 2.24) is 14.9 Å². The first-order chi connectivity index (χ1) is 13.0. The molecule has 0 spiro atoms. The average molecular weight is 369 g/mol. The van der Waals surface area contributed by atoms with Gasteiger partial charge in [0, 0.05) is 42.5 Å². The molecule has 1 unspecified atom stereocenters. The van der Waals surface area contributed by atoms with Crippen molar-refractivity contribution in [2.24, 2.45) is 0 Å². The second-order valence-electron chi connectivity index (χ2n) is 6.52. The number of hydrogen-bond acceptors (Lipinski definition) is 5. The van der Waals surface area contributed by atoms with Gasteiger partial charge in [0.15, 0.2) is 6.10 Å². The van der Waals surface area contributed by atoms with Gasteiger partial charge in [-0.3, -0.25) is 4.79 Å². The van der Waals surface area contributed by atoms with Crippen LogP contribution in [0.2, 0.25) is 0 Å². The summed E-state index contributed by atoms with van der Waals surface area (Å²) in [6, 6.07) is 5.10. The van der Waals surface area contributed by atoms with Crippen molar-refractivity contribution >= 4 is 16.9 Å². The Morgan fingerprint density at radius 1 is 1.37 bits per heavy atom. The number of aryl methyl sites for hydroxylation is 3. The topological polar surface area (TPSA) is 86.4 Å². The molecule has 0 aliphatic heterocycles. The van der Waals surface area contributed by atoms with Crippen LogP contribution < -0.4 is 15.7 Å². The van der Waals surface area contributed by atoms with Crippen LogP contribution >= 0.6 is 0 Å². The molecule has 1 N–H and O–H groups in total. The van der Waals surface area contributed by atoms with Gasteiger partial charge in [0.2, 0.25) is 0 Å². The molecule has 7 nitrogen and oxygen atoms in total. The van der Waals surface area contributed by atoms with Gasteiger partial charge in [-0.1, -0.05) is 0 Å². The SMILES string of the molecule is Cc1cc(=O)oc2c(C)c(OC(C)C(=O)NCCCn3ccnc3)ccc12. The monoisotopic (exact) mass is 369 g/mol. The van der Waals surface area contributed by atoms with E-state index >= 15 is 0 Å². The molecule has 0 bridgehead atoms. The highest BCUT2D eigenvalue weighted by atomic mass is 16.5. The highest BCUT2D eigenvalue weighted by Crippen LogP contribution is 2.28. The van der Waals surface area contributed by atoms with Crippen molar-refractivity contribution in [3.63, 3.8) is 0 Å². The molecule has 3 rings (SSSR count). The third kappa shape index (κ3) is 4.36. The maximum Gasteiger partial charge on any atom is 0.336 e. The van der Waals surface area contributed by atoms with Crippen molar-refractivity contribution in [3.8, 4) is 5.75 Å². The number of carbonyl (C=O) groups excluding carboxylic acids is 1. The third-order valence-electron chi connectivity index (χ3n) is 4.44. The molecule has 27 heavy (non-hydrogen) atoms. The fraction of sp³-hybridized carbons (Fsp3) is 0.350. The maximum absolute atomic E-state index is 12.3. The van der Waals surface area contributed by atoms with Crippen LogP contribution in [0.1, 0.15) is 24.5 Å². The van der Waals surface area contributed by atoms with Gasteiger partial charge in [0.05, 0.1) is 6.33 Å². The van der Waals surface area contributed by atoms with E-state index in [9.17, 15) is 9.59 Å². The fourth-order valence-corrected chi connectivity index (χ4v) is 2.91. The number of imidazole rings is 1. The number of amides is 1. The summed E-state index contributed by atoms with van der Waals surface area (Å²) in [5.74, 6) is 0.336. The van der Waals surface area contributed by atoms with Gasteiger partial charge in [-0.2, -0.15) is 0 Å². The zero-order chi connectivity index (χ0) is 19.4. The number of nitrogens with zero attached hydrogens (tertiary/aromatic N) is 2. The van der Waals surface area contributed by atoms with Gasteiger partial charge in [0.25, 0.3) is 5.91 Å². The molecule has 0 aliphatic rings. The van der Waals surface area contributed by atoms with Crippen LogP contribution in [0.15, 0.2) is 46.1 Å². The Balaban J connectivity index is 1.61. The van der Waals surface area contributed by atoms with Crippen molar-refractivity contribution < 1.29 is 13.9 Å². The highest BCUT2D eigenvalue weighted by molar-refractivity contribution is 5.85. The standard InChI is InChI=1S/C20H23N3O4/c1-13-11-18(24)27-19-14(2)17(6-5-16(13)19)26-15(3)20(25)22-7-4-9-23-10-8-21-12-23/h5-6,8,10-12,15H,4,7,9H2,1-3H3,(H,22,25). The smallest absolute Gasteiger partial charge is 0.336 e. The number of ether oxygens (including phenoxy) is 1. The number of aromatic nitrogens is 2. The van der Waals surface area contributed by atoms with E-state index in [-0.39, 0.29) is 5.91 Å². The van der Waals surface area contributed by atoms with E-state index in [1.165, 1.54) is 6.07 Å². The lowest BCUT2D eigenvalue weighted by atomic mass is 10.1. The molecule has 1 atom stereocenters. The number of carbonyl (C=O) groups is 1. The lowest BCUT2D eigenvalue weighted by Gasteiger charge is -2.17. The summed E-state index contributed by atoms with van der Waals surface area (Å²) < 4.78 is 13.1. The van der Waals surface area contributed by atoms with Crippen LogP contribution in [-0.2, 0) is 11.3 Å². The van der Waals surface area contributed by atoms with Gasteiger partial charge in [0.1, 0.15) is 11.3 Å². The Hall–Kier alpha value is -3.09. The Morgan fingerprint density at radius 2 is 2.19 bits per heavy atom. The molecular weight excluding hydrogens is 346 g/mol. The summed E-state index contributed by atoms with van der Waals surface area (Å²) in [6.07, 6.45) is 5.50. The van der Waals surface area contributed by atoms with Gasteiger partial charge < -0.3 is 19.0 Å². The van der Waals surface area contributed by atoms with Crippen molar-refractivity contribution in [3.05, 3.63) is 58.5 Å². The molecule has 1 amide bonds. The molecule has 1 aromatic carbocycles. The summed E-state index contributed by atoms with van der Waals surface area (Å²) in [7, 11) is 0. The molecule has 142 valence electrons. The van der Waals surface area contributed by atoms with Crippen molar-refractivity contribution in [2.45, 2.75) is 39.8 Å². The predicted molar refractivity (Wildman–Crippen MR) is 102 cm³/mol. The summed E-state index contributed by atoms with van der Waals surface area (Å²) in [6.45, 7) is 6.71. The average Bonchev–Trinajstić information content (AvgIpc) is 3.14. The number of fused-ring (bicyclic) bond motifs is 1.